The summed E-state index contributed by atoms with van der Waals surface area (Å²) < 4.78 is 31.9. The molecule has 3 N–H and O–H groups in total. The third kappa shape index (κ3) is 3.44. The standard InChI is InChI=1S/C14H13F2N3O2/c1-21-13-3-2-8(7-19-13)6-18-12-4-9(14(17)20)10(15)5-11(12)16/h2-5,7,18H,6H2,1H3,(H2,17,20). The first-order chi connectivity index (χ1) is 10.0. The van der Waals surface area contributed by atoms with Gasteiger partial charge in [-0.05, 0) is 11.6 Å². The van der Waals surface area contributed by atoms with Crippen molar-refractivity contribution in [3.05, 3.63) is 53.2 Å². The number of anilines is 1. The maximum atomic E-state index is 13.6. The molecule has 0 aliphatic rings. The third-order valence-electron chi connectivity index (χ3n) is 2.81. The number of hydrogen-bond donors (Lipinski definition) is 2. The SMILES string of the molecule is COc1ccc(CNc2cc(C(N)=O)c(F)cc2F)cn1. The van der Waals surface area contributed by atoms with Gasteiger partial charge >= 0.3 is 0 Å². The maximum Gasteiger partial charge on any atom is 0.251 e. The zero-order valence-electron chi connectivity index (χ0n) is 11.2. The predicted molar refractivity (Wildman–Crippen MR) is 73.0 cm³/mol. The average molecular weight is 293 g/mol. The molecule has 0 spiro atoms. The fraction of sp³-hybridized carbons (Fsp3) is 0.143. The number of ether oxygens (including phenoxy) is 1. The minimum atomic E-state index is -0.989. The van der Waals surface area contributed by atoms with E-state index in [2.05, 4.69) is 10.3 Å². The minimum Gasteiger partial charge on any atom is -0.481 e. The molecule has 21 heavy (non-hydrogen) atoms. The molecule has 1 aromatic carbocycles. The van der Waals surface area contributed by atoms with E-state index in [1.807, 2.05) is 0 Å². The number of benzene rings is 1. The van der Waals surface area contributed by atoms with Crippen LogP contribution in [0.1, 0.15) is 15.9 Å². The molecule has 0 bridgehead atoms. The number of amides is 1. The predicted octanol–water partition coefficient (Wildman–Crippen LogP) is 2.08. The van der Waals surface area contributed by atoms with Gasteiger partial charge in [-0.25, -0.2) is 13.8 Å². The van der Waals surface area contributed by atoms with Crippen molar-refractivity contribution in [2.24, 2.45) is 5.73 Å². The van der Waals surface area contributed by atoms with Gasteiger partial charge in [0, 0.05) is 24.9 Å². The van der Waals surface area contributed by atoms with Crippen molar-refractivity contribution in [3.8, 4) is 5.88 Å². The second-order valence-electron chi connectivity index (χ2n) is 4.24. The van der Waals surface area contributed by atoms with Gasteiger partial charge in [0.2, 0.25) is 5.88 Å². The summed E-state index contributed by atoms with van der Waals surface area (Å²) >= 11 is 0. The lowest BCUT2D eigenvalue weighted by Crippen LogP contribution is -2.14. The van der Waals surface area contributed by atoms with Crippen molar-refractivity contribution in [2.75, 3.05) is 12.4 Å². The van der Waals surface area contributed by atoms with Crippen molar-refractivity contribution in [2.45, 2.75) is 6.54 Å². The fourth-order valence-electron chi connectivity index (χ4n) is 1.71. The molecule has 0 aliphatic heterocycles. The van der Waals surface area contributed by atoms with Crippen LogP contribution in [0.5, 0.6) is 5.88 Å². The van der Waals surface area contributed by atoms with Gasteiger partial charge in [0.05, 0.1) is 18.4 Å². The van der Waals surface area contributed by atoms with E-state index in [-0.39, 0.29) is 17.8 Å². The molecule has 2 aromatic rings. The van der Waals surface area contributed by atoms with Crippen LogP contribution in [0.15, 0.2) is 30.5 Å². The number of nitrogens with one attached hydrogen (secondary N) is 1. The normalized spacial score (nSPS) is 10.2. The van der Waals surface area contributed by atoms with E-state index in [1.165, 1.54) is 7.11 Å². The molecule has 5 nitrogen and oxygen atoms in total. The Morgan fingerprint density at radius 1 is 1.33 bits per heavy atom. The van der Waals surface area contributed by atoms with Gasteiger partial charge in [0.15, 0.2) is 0 Å². The van der Waals surface area contributed by atoms with E-state index < -0.39 is 17.5 Å². The number of nitrogens with zero attached hydrogens (tertiary/aromatic N) is 1. The molecule has 1 aromatic heterocycles. The van der Waals surface area contributed by atoms with Gasteiger partial charge in [0.25, 0.3) is 5.91 Å². The van der Waals surface area contributed by atoms with Gasteiger partial charge < -0.3 is 15.8 Å². The summed E-state index contributed by atoms with van der Waals surface area (Å²) in [7, 11) is 1.50. The molecule has 0 atom stereocenters. The number of rotatable bonds is 5. The molecular weight excluding hydrogens is 280 g/mol. The van der Waals surface area contributed by atoms with E-state index in [0.29, 0.717) is 11.9 Å². The number of halogens is 2. The molecule has 110 valence electrons. The van der Waals surface area contributed by atoms with Crippen LogP contribution in [-0.4, -0.2) is 18.0 Å². The van der Waals surface area contributed by atoms with Crippen LogP contribution in [0.3, 0.4) is 0 Å². The van der Waals surface area contributed by atoms with Gasteiger partial charge in [-0.15, -0.1) is 0 Å². The molecule has 0 unspecified atom stereocenters. The lowest BCUT2D eigenvalue weighted by atomic mass is 10.1. The summed E-state index contributed by atoms with van der Waals surface area (Å²) in [5, 5.41) is 2.76. The number of nitrogens with two attached hydrogens (primary N) is 1. The van der Waals surface area contributed by atoms with E-state index in [0.717, 1.165) is 11.6 Å². The number of methoxy groups -OCH3 is 1. The van der Waals surface area contributed by atoms with E-state index in [9.17, 15) is 13.6 Å². The number of primary amides is 1. The topological polar surface area (TPSA) is 77.2 Å². The Balaban J connectivity index is 2.15. The molecular formula is C14H13F2N3O2. The number of pyridine rings is 1. The number of carbonyl (C=O) groups excluding carboxylic acids is 1. The zero-order chi connectivity index (χ0) is 15.4. The second-order valence-corrected chi connectivity index (χ2v) is 4.24. The summed E-state index contributed by atoms with van der Waals surface area (Å²) in [5.41, 5.74) is 5.40. The molecule has 0 radical (unpaired) electrons. The summed E-state index contributed by atoms with van der Waals surface area (Å²) in [6, 6.07) is 5.07. The van der Waals surface area contributed by atoms with Crippen LogP contribution < -0.4 is 15.8 Å². The summed E-state index contributed by atoms with van der Waals surface area (Å²) in [5.74, 6) is -2.29. The van der Waals surface area contributed by atoms with E-state index in [4.69, 9.17) is 10.5 Å². The van der Waals surface area contributed by atoms with Crippen molar-refractivity contribution in [1.82, 2.24) is 4.98 Å². The van der Waals surface area contributed by atoms with Crippen LogP contribution in [0.2, 0.25) is 0 Å². The first-order valence-corrected chi connectivity index (χ1v) is 6.03. The molecule has 1 heterocycles. The number of hydrogen-bond acceptors (Lipinski definition) is 4. The number of carbonyl (C=O) groups is 1. The monoisotopic (exact) mass is 293 g/mol. The fourth-order valence-corrected chi connectivity index (χ4v) is 1.71. The Labute approximate surface area is 119 Å². The van der Waals surface area contributed by atoms with E-state index in [1.54, 1.807) is 18.3 Å². The lowest BCUT2D eigenvalue weighted by Gasteiger charge is -2.09. The molecule has 1 amide bonds. The molecule has 0 aliphatic carbocycles. The van der Waals surface area contributed by atoms with Gasteiger partial charge in [-0.2, -0.15) is 0 Å². The Hall–Kier alpha value is -2.70. The summed E-state index contributed by atoms with van der Waals surface area (Å²) in [4.78, 5) is 15.0. The summed E-state index contributed by atoms with van der Waals surface area (Å²) in [6.07, 6.45) is 1.56. The Kier molecular flexibility index (Phi) is 4.32. The number of aromatic nitrogens is 1. The minimum absolute atomic E-state index is 0.0129. The highest BCUT2D eigenvalue weighted by Gasteiger charge is 2.13. The van der Waals surface area contributed by atoms with Gasteiger partial charge in [0.1, 0.15) is 11.6 Å². The average Bonchev–Trinajstić information content (AvgIpc) is 2.46. The highest BCUT2D eigenvalue weighted by molar-refractivity contribution is 5.94. The van der Waals surface area contributed by atoms with Crippen LogP contribution in [0, 0.1) is 11.6 Å². The van der Waals surface area contributed by atoms with Crippen LogP contribution >= 0.6 is 0 Å². The Morgan fingerprint density at radius 3 is 2.67 bits per heavy atom. The van der Waals surface area contributed by atoms with Crippen molar-refractivity contribution >= 4 is 11.6 Å². The largest absolute Gasteiger partial charge is 0.481 e. The highest BCUT2D eigenvalue weighted by Crippen LogP contribution is 2.20. The Bertz CT molecular complexity index is 660. The molecule has 2 rings (SSSR count). The molecule has 0 fully saturated rings. The first kappa shape index (κ1) is 14.7. The van der Waals surface area contributed by atoms with Gasteiger partial charge in [-0.3, -0.25) is 4.79 Å². The van der Waals surface area contributed by atoms with Crippen molar-refractivity contribution in [3.63, 3.8) is 0 Å². The quantitative estimate of drug-likeness (QED) is 0.884. The van der Waals surface area contributed by atoms with Crippen LogP contribution in [-0.2, 0) is 6.54 Å². The molecule has 0 saturated heterocycles. The Morgan fingerprint density at radius 2 is 2.10 bits per heavy atom. The lowest BCUT2D eigenvalue weighted by molar-refractivity contribution is 0.0996. The first-order valence-electron chi connectivity index (χ1n) is 6.03. The van der Waals surface area contributed by atoms with Crippen molar-refractivity contribution in [1.29, 1.82) is 0 Å². The van der Waals surface area contributed by atoms with Gasteiger partial charge in [-0.1, -0.05) is 6.07 Å². The van der Waals surface area contributed by atoms with Crippen molar-refractivity contribution < 1.29 is 18.3 Å². The van der Waals surface area contributed by atoms with Crippen LogP contribution in [0.4, 0.5) is 14.5 Å². The molecule has 7 heteroatoms. The molecule has 0 saturated carbocycles. The second kappa shape index (κ2) is 6.17. The highest BCUT2D eigenvalue weighted by atomic mass is 19.1. The zero-order valence-corrected chi connectivity index (χ0v) is 11.2. The van der Waals surface area contributed by atoms with Crippen LogP contribution in [0.25, 0.3) is 0 Å². The summed E-state index contributed by atoms with van der Waals surface area (Å²) in [6.45, 7) is 0.248. The van der Waals surface area contributed by atoms with E-state index >= 15 is 0 Å². The smallest absolute Gasteiger partial charge is 0.251 e. The third-order valence-corrected chi connectivity index (χ3v) is 2.81. The maximum absolute atomic E-state index is 13.6.